The SMILES string of the molecule is CC1CCC(CO)(NCc2ccc(Cl)cc2F)CC1. The van der Waals surface area contributed by atoms with Crippen molar-refractivity contribution in [1.82, 2.24) is 5.32 Å². The standard InChI is InChI=1S/C15H21ClFNO/c1-11-4-6-15(10-19,7-5-11)18-9-12-2-3-13(16)8-14(12)17/h2-3,8,11,18-19H,4-7,9-10H2,1H3. The summed E-state index contributed by atoms with van der Waals surface area (Å²) < 4.78 is 13.7. The van der Waals surface area contributed by atoms with Crippen molar-refractivity contribution < 1.29 is 9.50 Å². The van der Waals surface area contributed by atoms with Crippen molar-refractivity contribution in [3.8, 4) is 0 Å². The van der Waals surface area contributed by atoms with Crippen molar-refractivity contribution in [2.24, 2.45) is 5.92 Å². The van der Waals surface area contributed by atoms with Crippen molar-refractivity contribution in [2.45, 2.75) is 44.7 Å². The smallest absolute Gasteiger partial charge is 0.129 e. The molecular weight excluding hydrogens is 265 g/mol. The molecule has 1 aromatic carbocycles. The molecule has 0 heterocycles. The molecule has 0 saturated heterocycles. The first-order valence-electron chi connectivity index (χ1n) is 6.84. The molecule has 2 nitrogen and oxygen atoms in total. The topological polar surface area (TPSA) is 32.3 Å². The second-order valence-corrected chi connectivity index (χ2v) is 6.15. The van der Waals surface area contributed by atoms with Crippen LogP contribution in [0.3, 0.4) is 0 Å². The van der Waals surface area contributed by atoms with Gasteiger partial charge in [0.2, 0.25) is 0 Å². The summed E-state index contributed by atoms with van der Waals surface area (Å²) in [5.74, 6) is 0.422. The van der Waals surface area contributed by atoms with E-state index in [1.807, 2.05) is 0 Å². The van der Waals surface area contributed by atoms with Crippen LogP contribution in [0.25, 0.3) is 0 Å². The summed E-state index contributed by atoms with van der Waals surface area (Å²) in [6.45, 7) is 2.77. The summed E-state index contributed by atoms with van der Waals surface area (Å²) >= 11 is 5.74. The average molecular weight is 286 g/mol. The maximum absolute atomic E-state index is 13.7. The third-order valence-corrected chi connectivity index (χ3v) is 4.44. The van der Waals surface area contributed by atoms with Gasteiger partial charge in [-0.05, 0) is 43.7 Å². The average Bonchev–Trinajstić information content (AvgIpc) is 2.40. The third-order valence-electron chi connectivity index (χ3n) is 4.20. The largest absolute Gasteiger partial charge is 0.394 e. The molecule has 0 unspecified atom stereocenters. The van der Waals surface area contributed by atoms with Gasteiger partial charge in [0.15, 0.2) is 0 Å². The minimum Gasteiger partial charge on any atom is -0.394 e. The highest BCUT2D eigenvalue weighted by Gasteiger charge is 2.33. The van der Waals surface area contributed by atoms with Crippen LogP contribution >= 0.6 is 11.6 Å². The first kappa shape index (κ1) is 14.8. The molecule has 0 spiro atoms. The van der Waals surface area contributed by atoms with Crippen molar-refractivity contribution in [1.29, 1.82) is 0 Å². The zero-order chi connectivity index (χ0) is 13.9. The van der Waals surface area contributed by atoms with Crippen LogP contribution in [0.2, 0.25) is 5.02 Å². The van der Waals surface area contributed by atoms with Gasteiger partial charge in [-0.2, -0.15) is 0 Å². The Kier molecular flexibility index (Phi) is 4.82. The minimum atomic E-state index is -0.294. The van der Waals surface area contributed by atoms with Crippen molar-refractivity contribution >= 4 is 11.6 Å². The Morgan fingerprint density at radius 2 is 2.11 bits per heavy atom. The number of halogens is 2. The summed E-state index contributed by atoms with van der Waals surface area (Å²) in [5, 5.41) is 13.4. The molecule has 0 aromatic heterocycles. The van der Waals surface area contributed by atoms with E-state index >= 15 is 0 Å². The van der Waals surface area contributed by atoms with Gasteiger partial charge < -0.3 is 10.4 Å². The molecule has 0 radical (unpaired) electrons. The normalized spacial score (nSPS) is 27.5. The number of hydrogen-bond acceptors (Lipinski definition) is 2. The molecule has 1 fully saturated rings. The monoisotopic (exact) mass is 285 g/mol. The van der Waals surface area contributed by atoms with Crippen LogP contribution in [0.1, 0.15) is 38.2 Å². The van der Waals surface area contributed by atoms with E-state index in [4.69, 9.17) is 11.6 Å². The van der Waals surface area contributed by atoms with Crippen molar-refractivity contribution in [2.75, 3.05) is 6.61 Å². The zero-order valence-corrected chi connectivity index (χ0v) is 12.0. The number of benzene rings is 1. The summed E-state index contributed by atoms with van der Waals surface area (Å²) in [5.41, 5.74) is 0.342. The fourth-order valence-electron chi connectivity index (χ4n) is 2.65. The lowest BCUT2D eigenvalue weighted by Crippen LogP contribution is -2.50. The number of aliphatic hydroxyl groups excluding tert-OH is 1. The van der Waals surface area contributed by atoms with E-state index in [0.717, 1.165) is 25.7 Å². The predicted octanol–water partition coefficient (Wildman–Crippen LogP) is 3.51. The van der Waals surface area contributed by atoms with Gasteiger partial charge in [-0.1, -0.05) is 24.6 Å². The molecule has 1 saturated carbocycles. The van der Waals surface area contributed by atoms with E-state index in [9.17, 15) is 9.50 Å². The van der Waals surface area contributed by atoms with Crippen LogP contribution in [0, 0.1) is 11.7 Å². The van der Waals surface area contributed by atoms with Gasteiger partial charge in [-0.3, -0.25) is 0 Å². The second-order valence-electron chi connectivity index (χ2n) is 5.71. The van der Waals surface area contributed by atoms with E-state index in [2.05, 4.69) is 12.2 Å². The quantitative estimate of drug-likeness (QED) is 0.887. The molecule has 0 bridgehead atoms. The molecule has 4 heteroatoms. The van der Waals surface area contributed by atoms with Crippen LogP contribution < -0.4 is 5.32 Å². The van der Waals surface area contributed by atoms with Gasteiger partial charge in [0.05, 0.1) is 6.61 Å². The van der Waals surface area contributed by atoms with Gasteiger partial charge in [0, 0.05) is 22.7 Å². The zero-order valence-electron chi connectivity index (χ0n) is 11.3. The second kappa shape index (κ2) is 6.21. The highest BCUT2D eigenvalue weighted by atomic mass is 35.5. The number of nitrogens with one attached hydrogen (secondary N) is 1. The number of hydrogen-bond donors (Lipinski definition) is 2. The molecule has 1 aromatic rings. The first-order valence-corrected chi connectivity index (χ1v) is 7.22. The van der Waals surface area contributed by atoms with E-state index < -0.39 is 0 Å². The molecule has 19 heavy (non-hydrogen) atoms. The highest BCUT2D eigenvalue weighted by Crippen LogP contribution is 2.32. The first-order chi connectivity index (χ1) is 9.04. The van der Waals surface area contributed by atoms with Crippen molar-refractivity contribution in [3.05, 3.63) is 34.6 Å². The lowest BCUT2D eigenvalue weighted by molar-refractivity contribution is 0.104. The number of rotatable bonds is 4. The number of aliphatic hydroxyl groups is 1. The lowest BCUT2D eigenvalue weighted by atomic mass is 9.77. The third kappa shape index (κ3) is 3.68. The Labute approximate surface area is 119 Å². The summed E-state index contributed by atoms with van der Waals surface area (Å²) in [4.78, 5) is 0. The van der Waals surface area contributed by atoms with E-state index in [1.54, 1.807) is 12.1 Å². The van der Waals surface area contributed by atoms with Crippen molar-refractivity contribution in [3.63, 3.8) is 0 Å². The molecule has 1 aliphatic carbocycles. The molecule has 0 atom stereocenters. The van der Waals surface area contributed by atoms with Gasteiger partial charge >= 0.3 is 0 Å². The van der Waals surface area contributed by atoms with Crippen LogP contribution in [-0.2, 0) is 6.54 Å². The van der Waals surface area contributed by atoms with Crippen LogP contribution in [0.15, 0.2) is 18.2 Å². The molecule has 2 rings (SSSR count). The molecule has 0 amide bonds. The van der Waals surface area contributed by atoms with Crippen LogP contribution in [0.4, 0.5) is 4.39 Å². The maximum atomic E-state index is 13.7. The van der Waals surface area contributed by atoms with Crippen LogP contribution in [-0.4, -0.2) is 17.3 Å². The van der Waals surface area contributed by atoms with Gasteiger partial charge in [0.25, 0.3) is 0 Å². The minimum absolute atomic E-state index is 0.106. The molecule has 106 valence electrons. The molecule has 0 aliphatic heterocycles. The lowest BCUT2D eigenvalue weighted by Gasteiger charge is -2.39. The highest BCUT2D eigenvalue weighted by molar-refractivity contribution is 6.30. The van der Waals surface area contributed by atoms with Gasteiger partial charge in [-0.15, -0.1) is 0 Å². The Morgan fingerprint density at radius 1 is 1.42 bits per heavy atom. The molecule has 1 aliphatic rings. The van der Waals surface area contributed by atoms with E-state index in [1.165, 1.54) is 6.07 Å². The Bertz CT molecular complexity index is 430. The summed E-state index contributed by atoms with van der Waals surface area (Å²) in [6.07, 6.45) is 4.10. The van der Waals surface area contributed by atoms with Gasteiger partial charge in [-0.25, -0.2) is 4.39 Å². The predicted molar refractivity (Wildman–Crippen MR) is 75.7 cm³/mol. The van der Waals surface area contributed by atoms with E-state index in [-0.39, 0.29) is 18.0 Å². The Balaban J connectivity index is 2.00. The Morgan fingerprint density at radius 3 is 2.68 bits per heavy atom. The molecular formula is C15H21ClFNO. The molecule has 2 N–H and O–H groups in total. The maximum Gasteiger partial charge on any atom is 0.129 e. The fourth-order valence-corrected chi connectivity index (χ4v) is 2.81. The fraction of sp³-hybridized carbons (Fsp3) is 0.600. The Hall–Kier alpha value is -0.640. The van der Waals surface area contributed by atoms with E-state index in [0.29, 0.717) is 23.0 Å². The van der Waals surface area contributed by atoms with Gasteiger partial charge in [0.1, 0.15) is 5.82 Å². The van der Waals surface area contributed by atoms with Crippen LogP contribution in [0.5, 0.6) is 0 Å². The summed E-state index contributed by atoms with van der Waals surface area (Å²) in [6, 6.07) is 4.71. The summed E-state index contributed by atoms with van der Waals surface area (Å²) in [7, 11) is 0.